The summed E-state index contributed by atoms with van der Waals surface area (Å²) in [5.41, 5.74) is 10.8. The summed E-state index contributed by atoms with van der Waals surface area (Å²) in [6, 6.07) is 15.7. The molecule has 6 heterocycles. The van der Waals surface area contributed by atoms with E-state index in [0.717, 1.165) is 61.5 Å². The highest BCUT2D eigenvalue weighted by atomic mass is 32.2. The lowest BCUT2D eigenvalue weighted by molar-refractivity contribution is -0.141. The van der Waals surface area contributed by atoms with Gasteiger partial charge in [0.1, 0.15) is 18.9 Å². The molecule has 2 aliphatic rings. The maximum absolute atomic E-state index is 16.0. The smallest absolute Gasteiger partial charge is 0.325 e. The molecule has 0 radical (unpaired) electrons. The predicted octanol–water partition coefficient (Wildman–Crippen LogP) is 6.35. The second-order valence-corrected chi connectivity index (χ2v) is 23.2. The third kappa shape index (κ3) is 17.1. The standard InChI is InChI=1S/C60H74F2N14O9S2/c1-4-29-86-72-46-9-5-8-43(56(46)62)57-58(47-11-17-65-60(63)69-47)87-59(70-57)40-14-21-74(22-15-40)53(80)16-23-83-25-27-85-28-26-84-24-18-64-51(78)36-73-19-12-39(13-20-73)35-75-49-31-44(45(61)30-41(49)32-68-75)42-7-6-10-48-55(42)38(2)71-76(48)37-52(79)66-33-50(77)67-34-54(81)82-3/h5-11,17,30-32,39-40,72H,4,12-16,18-29,33-37H2,1-3H3,(H,64,78)(H,66,79)(H,67,77)(H2,63,65,69). The number of hydrogen-bond donors (Lipinski definition) is 5. The molecule has 464 valence electrons. The molecule has 6 N–H and O–H groups in total. The lowest BCUT2D eigenvalue weighted by Crippen LogP contribution is -2.42. The number of nitrogens with two attached hydrogens (primary N) is 1. The zero-order valence-electron chi connectivity index (χ0n) is 49.1. The fourth-order valence-corrected chi connectivity index (χ4v) is 12.5. The van der Waals surface area contributed by atoms with E-state index in [-0.39, 0.29) is 68.7 Å². The van der Waals surface area contributed by atoms with E-state index in [4.69, 9.17) is 24.9 Å². The molecule has 87 heavy (non-hydrogen) atoms. The van der Waals surface area contributed by atoms with Gasteiger partial charge in [-0.1, -0.05) is 37.1 Å². The summed E-state index contributed by atoms with van der Waals surface area (Å²) >= 11 is 2.93. The summed E-state index contributed by atoms with van der Waals surface area (Å²) in [6.07, 6.45) is 7.63. The van der Waals surface area contributed by atoms with Crippen LogP contribution in [0.2, 0.25) is 0 Å². The first-order valence-electron chi connectivity index (χ1n) is 29.2. The Balaban J connectivity index is 0.625. The number of thiazole rings is 1. The number of anilines is 2. The van der Waals surface area contributed by atoms with Crippen molar-refractivity contribution in [2.75, 3.05) is 115 Å². The molecule has 0 aliphatic carbocycles. The van der Waals surface area contributed by atoms with Crippen LogP contribution in [-0.4, -0.2) is 179 Å². The number of nitrogen functional groups attached to an aromatic ring is 1. The number of nitrogens with zero attached hydrogens (tertiary/aromatic N) is 9. The monoisotopic (exact) mass is 1240 g/mol. The molecule has 2 fully saturated rings. The van der Waals surface area contributed by atoms with Gasteiger partial charge in [-0.25, -0.2) is 23.7 Å². The number of aromatic nitrogens is 7. The molecule has 0 spiro atoms. The lowest BCUT2D eigenvalue weighted by atomic mass is 9.96. The highest BCUT2D eigenvalue weighted by molar-refractivity contribution is 8.00. The number of hydrogen-bond acceptors (Lipinski definition) is 19. The lowest BCUT2D eigenvalue weighted by Gasteiger charge is -2.31. The van der Waals surface area contributed by atoms with Gasteiger partial charge in [-0.2, -0.15) is 10.2 Å². The minimum atomic E-state index is -0.612. The third-order valence-electron chi connectivity index (χ3n) is 15.1. The van der Waals surface area contributed by atoms with Crippen LogP contribution in [0.3, 0.4) is 0 Å². The van der Waals surface area contributed by atoms with Gasteiger partial charge in [-0.15, -0.1) is 11.3 Å². The van der Waals surface area contributed by atoms with Crippen LogP contribution in [-0.2, 0) is 56.0 Å². The second-order valence-electron chi connectivity index (χ2n) is 21.2. The van der Waals surface area contributed by atoms with Gasteiger partial charge in [0.2, 0.25) is 29.6 Å². The van der Waals surface area contributed by atoms with E-state index in [2.05, 4.69) is 57.4 Å². The average molecular weight is 1240 g/mol. The fourth-order valence-electron chi connectivity index (χ4n) is 10.6. The van der Waals surface area contributed by atoms with Crippen LogP contribution in [0.15, 0.2) is 67.0 Å². The van der Waals surface area contributed by atoms with Crippen LogP contribution < -0.4 is 26.4 Å². The Kier molecular flexibility index (Phi) is 22.9. The number of amides is 4. The summed E-state index contributed by atoms with van der Waals surface area (Å²) in [6.45, 7) is 8.98. The van der Waals surface area contributed by atoms with Crippen molar-refractivity contribution in [2.45, 2.75) is 71.4 Å². The molecule has 0 bridgehead atoms. The van der Waals surface area contributed by atoms with Crippen LogP contribution in [0.5, 0.6) is 0 Å². The van der Waals surface area contributed by atoms with Crippen molar-refractivity contribution in [1.82, 2.24) is 60.3 Å². The van der Waals surface area contributed by atoms with Crippen LogP contribution in [0, 0.1) is 24.5 Å². The Morgan fingerprint density at radius 1 is 0.782 bits per heavy atom. The van der Waals surface area contributed by atoms with Crippen molar-refractivity contribution < 1.29 is 51.7 Å². The van der Waals surface area contributed by atoms with Gasteiger partial charge in [0, 0.05) is 65.9 Å². The van der Waals surface area contributed by atoms with E-state index < -0.39 is 23.6 Å². The van der Waals surface area contributed by atoms with Crippen molar-refractivity contribution in [3.63, 3.8) is 0 Å². The van der Waals surface area contributed by atoms with Crippen molar-refractivity contribution in [2.24, 2.45) is 5.92 Å². The number of benzene rings is 3. The van der Waals surface area contributed by atoms with Gasteiger partial charge >= 0.3 is 5.97 Å². The first-order valence-corrected chi connectivity index (χ1v) is 31.0. The van der Waals surface area contributed by atoms with Gasteiger partial charge < -0.3 is 50.3 Å². The Bertz CT molecular complexity index is 3510. The molecule has 3 aromatic carbocycles. The number of methoxy groups -OCH3 is 1. The van der Waals surface area contributed by atoms with Crippen LogP contribution in [0.4, 0.5) is 20.4 Å². The summed E-state index contributed by atoms with van der Waals surface area (Å²) < 4.78 is 60.0. The molecule has 23 nitrogen and oxygen atoms in total. The van der Waals surface area contributed by atoms with Gasteiger partial charge in [-0.3, -0.25) is 38.2 Å². The zero-order chi connectivity index (χ0) is 61.2. The summed E-state index contributed by atoms with van der Waals surface area (Å²) in [5, 5.41) is 19.3. The summed E-state index contributed by atoms with van der Waals surface area (Å²) in [5.74, 6) is -1.14. The van der Waals surface area contributed by atoms with E-state index in [1.54, 1.807) is 49.6 Å². The molecule has 7 aromatic rings. The van der Waals surface area contributed by atoms with Gasteiger partial charge in [0.25, 0.3) is 0 Å². The first kappa shape index (κ1) is 63.8. The number of esters is 1. The number of nitrogens with one attached hydrogen (secondary N) is 4. The number of carbonyl (C=O) groups is 5. The number of fused-ring (bicyclic) bond motifs is 2. The van der Waals surface area contributed by atoms with Crippen molar-refractivity contribution in [3.05, 3.63) is 89.3 Å². The van der Waals surface area contributed by atoms with Crippen LogP contribution >= 0.6 is 23.3 Å². The van der Waals surface area contributed by atoms with Crippen LogP contribution in [0.1, 0.15) is 62.1 Å². The molecule has 0 atom stereocenters. The Hall–Kier alpha value is -7.69. The number of likely N-dealkylation sites (tertiary alicyclic amines) is 2. The topological polar surface area (TPSA) is 277 Å². The molecule has 2 saturated heterocycles. The molecule has 4 aromatic heterocycles. The highest BCUT2D eigenvalue weighted by Gasteiger charge is 2.30. The van der Waals surface area contributed by atoms with Crippen molar-refractivity contribution in [3.8, 4) is 33.0 Å². The Labute approximate surface area is 510 Å². The normalized spacial score (nSPS) is 14.2. The number of aryl methyl sites for hydroxylation is 1. The Morgan fingerprint density at radius 3 is 2.26 bits per heavy atom. The molecular weight excluding hydrogens is 1160 g/mol. The molecule has 0 unspecified atom stereocenters. The SMILES string of the molecule is CCCSNc1cccc(-c2nc(C3CCN(C(=O)CCOCCOCCOCCNC(=O)CN4CCC(Cn5ncc6cc(F)c(-c7cccc8c7c(C)nn8CC(=O)NCC(=O)NCC(=O)OC)cc65)CC4)CC3)sc2-c2ccnc(N)n2)c1F. The van der Waals surface area contributed by atoms with E-state index in [9.17, 15) is 24.0 Å². The molecule has 27 heteroatoms. The molecular formula is C60H74F2N14O9S2. The maximum atomic E-state index is 16.0. The number of rotatable bonds is 30. The molecule has 0 saturated carbocycles. The first-order chi connectivity index (χ1) is 42.3. The van der Waals surface area contributed by atoms with Crippen LogP contribution in [0.25, 0.3) is 54.8 Å². The minimum absolute atomic E-state index is 0.0258. The summed E-state index contributed by atoms with van der Waals surface area (Å²) in [7, 11) is 1.21. The second kappa shape index (κ2) is 31.3. The quantitative estimate of drug-likeness (QED) is 0.0186. The third-order valence-corrected chi connectivity index (χ3v) is 17.4. The number of ether oxygens (including phenoxy) is 4. The number of halogens is 2. The Morgan fingerprint density at radius 2 is 1.51 bits per heavy atom. The highest BCUT2D eigenvalue weighted by Crippen LogP contribution is 2.43. The van der Waals surface area contributed by atoms with Crippen molar-refractivity contribution >= 4 is 86.3 Å². The van der Waals surface area contributed by atoms with E-state index in [1.165, 1.54) is 41.1 Å². The average Bonchev–Trinajstić information content (AvgIpc) is 2.05. The van der Waals surface area contributed by atoms with E-state index in [0.29, 0.717) is 126 Å². The predicted molar refractivity (Wildman–Crippen MR) is 328 cm³/mol. The number of carbonyl (C=O) groups excluding carboxylic acids is 5. The van der Waals surface area contributed by atoms with E-state index >= 15 is 8.78 Å². The molecule has 2 aliphatic heterocycles. The number of piperidine rings is 2. The summed E-state index contributed by atoms with van der Waals surface area (Å²) in [4.78, 5) is 80.4. The molecule has 9 rings (SSSR count). The fraction of sp³-hybridized carbons (Fsp3) is 0.467. The molecule has 4 amide bonds. The van der Waals surface area contributed by atoms with Gasteiger partial charge in [0.15, 0.2) is 5.82 Å². The largest absolute Gasteiger partial charge is 0.468 e. The van der Waals surface area contributed by atoms with Gasteiger partial charge in [0.05, 0.1) is 116 Å². The minimum Gasteiger partial charge on any atom is -0.468 e. The maximum Gasteiger partial charge on any atom is 0.325 e. The van der Waals surface area contributed by atoms with E-state index in [1.807, 2.05) is 27.8 Å². The van der Waals surface area contributed by atoms with Crippen molar-refractivity contribution in [1.29, 1.82) is 0 Å². The zero-order valence-corrected chi connectivity index (χ0v) is 50.8. The van der Waals surface area contributed by atoms with Gasteiger partial charge in [-0.05, 0) is 100.0 Å².